The molecule has 5 aliphatic rings. The lowest BCUT2D eigenvalue weighted by Crippen LogP contribution is -2.76. The van der Waals surface area contributed by atoms with Gasteiger partial charge in [-0.1, -0.05) is 19.4 Å². The first kappa shape index (κ1) is 23.9. The highest BCUT2D eigenvalue weighted by Crippen LogP contribution is 2.76. The van der Waals surface area contributed by atoms with Gasteiger partial charge in [-0.05, 0) is 69.4 Å². The van der Waals surface area contributed by atoms with Crippen LogP contribution in [0.1, 0.15) is 70.4 Å². The molecule has 7 heteroatoms. The average molecular weight is 473 g/mol. The van der Waals surface area contributed by atoms with Crippen LogP contribution < -0.4 is 15.2 Å². The standard InChI is InChI=1S/C27H40N2O5/c1-6-10-26-20-17-7-8-18(33-23(30)29(4)15-14-28)21(20)34-22(26)27(32-5)13-12-25(26,11-9-17)16-19(27)24(2,3)31/h7-8,19,22,31H,6,9-16,28H2,1-5H3/t19-,22-,25-,26+,27-/m1/s1. The zero-order valence-corrected chi connectivity index (χ0v) is 21.3. The fourth-order valence-corrected chi connectivity index (χ4v) is 8.30. The van der Waals surface area contributed by atoms with Crippen molar-refractivity contribution in [1.82, 2.24) is 4.90 Å². The highest BCUT2D eigenvalue weighted by atomic mass is 16.6. The molecule has 0 unspecified atom stereocenters. The Morgan fingerprint density at radius 1 is 1.32 bits per heavy atom. The van der Waals surface area contributed by atoms with Crippen molar-refractivity contribution in [3.05, 3.63) is 23.3 Å². The summed E-state index contributed by atoms with van der Waals surface area (Å²) in [6, 6.07) is 4.00. The predicted molar refractivity (Wildman–Crippen MR) is 129 cm³/mol. The summed E-state index contributed by atoms with van der Waals surface area (Å²) in [6.07, 6.45) is 6.28. The molecule has 0 saturated heterocycles. The minimum atomic E-state index is -0.888. The van der Waals surface area contributed by atoms with Crippen LogP contribution in [0.3, 0.4) is 0 Å². The van der Waals surface area contributed by atoms with Crippen molar-refractivity contribution in [3.8, 4) is 11.5 Å². The van der Waals surface area contributed by atoms with Crippen LogP contribution in [0.5, 0.6) is 11.5 Å². The third-order valence-corrected chi connectivity index (χ3v) is 9.63. The zero-order valence-electron chi connectivity index (χ0n) is 21.3. The number of hydrogen-bond acceptors (Lipinski definition) is 6. The number of carbonyl (C=O) groups excluding carboxylic acids is 1. The summed E-state index contributed by atoms with van der Waals surface area (Å²) in [4.78, 5) is 14.3. The molecule has 3 N–H and O–H groups in total. The van der Waals surface area contributed by atoms with Crippen molar-refractivity contribution < 1.29 is 24.1 Å². The van der Waals surface area contributed by atoms with Crippen LogP contribution in [-0.2, 0) is 16.6 Å². The third-order valence-electron chi connectivity index (χ3n) is 9.63. The number of amides is 1. The summed E-state index contributed by atoms with van der Waals surface area (Å²) in [5.74, 6) is 1.14. The second kappa shape index (κ2) is 7.84. The maximum absolute atomic E-state index is 12.8. The number of aryl methyl sites for hydroxylation is 1. The summed E-state index contributed by atoms with van der Waals surface area (Å²) in [5, 5.41) is 11.3. The molecule has 34 heavy (non-hydrogen) atoms. The van der Waals surface area contributed by atoms with Gasteiger partial charge in [-0.2, -0.15) is 0 Å². The number of benzene rings is 1. The van der Waals surface area contributed by atoms with Gasteiger partial charge in [0.2, 0.25) is 0 Å². The maximum atomic E-state index is 12.8. The summed E-state index contributed by atoms with van der Waals surface area (Å²) in [7, 11) is 3.46. The van der Waals surface area contributed by atoms with E-state index in [2.05, 4.69) is 13.0 Å². The number of methoxy groups -OCH3 is 1. The molecule has 1 spiro atoms. The smallest absolute Gasteiger partial charge is 0.415 e. The lowest BCUT2D eigenvalue weighted by molar-refractivity contribution is -0.280. The van der Waals surface area contributed by atoms with Crippen molar-refractivity contribution in [2.24, 2.45) is 17.1 Å². The first-order chi connectivity index (χ1) is 16.1. The van der Waals surface area contributed by atoms with E-state index in [0.29, 0.717) is 24.6 Å². The van der Waals surface area contributed by atoms with Gasteiger partial charge >= 0.3 is 6.09 Å². The highest BCUT2D eigenvalue weighted by Gasteiger charge is 2.78. The number of rotatable bonds is 7. The van der Waals surface area contributed by atoms with Crippen molar-refractivity contribution in [2.45, 2.75) is 88.4 Å². The van der Waals surface area contributed by atoms with Crippen LogP contribution in [0.2, 0.25) is 0 Å². The summed E-state index contributed by atoms with van der Waals surface area (Å²) >= 11 is 0. The molecule has 1 aliphatic heterocycles. The number of nitrogens with zero attached hydrogens (tertiary/aromatic N) is 1. The van der Waals surface area contributed by atoms with E-state index in [-0.39, 0.29) is 22.9 Å². The quantitative estimate of drug-likeness (QED) is 0.627. The molecule has 3 saturated carbocycles. The summed E-state index contributed by atoms with van der Waals surface area (Å²) in [6.45, 7) is 6.85. The molecule has 1 heterocycles. The van der Waals surface area contributed by atoms with E-state index in [1.54, 1.807) is 14.2 Å². The molecule has 1 amide bonds. The normalized spacial score (nSPS) is 35.0. The van der Waals surface area contributed by atoms with Gasteiger partial charge in [0.25, 0.3) is 0 Å². The zero-order chi connectivity index (χ0) is 24.5. The van der Waals surface area contributed by atoms with Crippen molar-refractivity contribution in [3.63, 3.8) is 0 Å². The predicted octanol–water partition coefficient (Wildman–Crippen LogP) is 3.78. The molecule has 4 aliphatic carbocycles. The SMILES string of the molecule is CCC[C@]12c3c4ccc(OC(=O)N(C)CCN)c3O[C@H]1[C@@]1(OC)CC[C@]2(CC4)C[C@@H]1C(C)(C)O. The van der Waals surface area contributed by atoms with Crippen LogP contribution in [0.15, 0.2) is 12.1 Å². The molecule has 6 rings (SSSR count). The number of fused-ring (bicyclic) bond motifs is 2. The van der Waals surface area contributed by atoms with Gasteiger partial charge in [-0.15, -0.1) is 0 Å². The van der Waals surface area contributed by atoms with E-state index >= 15 is 0 Å². The highest BCUT2D eigenvalue weighted by molar-refractivity contribution is 5.73. The Bertz CT molecular complexity index is 990. The second-order valence-corrected chi connectivity index (χ2v) is 11.6. The minimum Gasteiger partial charge on any atom is -0.482 e. The van der Waals surface area contributed by atoms with Crippen LogP contribution in [-0.4, -0.2) is 60.7 Å². The Hall–Kier alpha value is -1.83. The van der Waals surface area contributed by atoms with E-state index in [1.807, 2.05) is 19.9 Å². The van der Waals surface area contributed by atoms with E-state index in [0.717, 1.165) is 44.9 Å². The largest absolute Gasteiger partial charge is 0.482 e. The van der Waals surface area contributed by atoms with E-state index < -0.39 is 17.3 Å². The fourth-order valence-electron chi connectivity index (χ4n) is 8.30. The number of aliphatic hydroxyl groups is 1. The lowest BCUT2D eigenvalue weighted by Gasteiger charge is -2.70. The number of hydrogen-bond donors (Lipinski definition) is 2. The van der Waals surface area contributed by atoms with Crippen LogP contribution in [0.4, 0.5) is 4.79 Å². The van der Waals surface area contributed by atoms with Crippen LogP contribution >= 0.6 is 0 Å². The van der Waals surface area contributed by atoms with Gasteiger partial charge < -0.3 is 30.0 Å². The number of carbonyl (C=O) groups is 1. The molecular formula is C27H40N2O5. The topological polar surface area (TPSA) is 94.3 Å². The maximum Gasteiger partial charge on any atom is 0.415 e. The number of likely N-dealkylation sites (N-methyl/N-ethyl adjacent to an activating group) is 1. The Morgan fingerprint density at radius 3 is 2.74 bits per heavy atom. The van der Waals surface area contributed by atoms with Crippen LogP contribution in [0.25, 0.3) is 0 Å². The summed E-state index contributed by atoms with van der Waals surface area (Å²) < 4.78 is 19.2. The monoisotopic (exact) mass is 472 g/mol. The number of ether oxygens (including phenoxy) is 3. The second-order valence-electron chi connectivity index (χ2n) is 11.6. The van der Waals surface area contributed by atoms with Gasteiger partial charge in [0.05, 0.1) is 5.60 Å². The van der Waals surface area contributed by atoms with Crippen molar-refractivity contribution in [2.75, 3.05) is 27.2 Å². The number of nitrogens with two attached hydrogens (primary N) is 1. The molecule has 2 bridgehead atoms. The fraction of sp³-hybridized carbons (Fsp3) is 0.741. The Balaban J connectivity index is 1.68. The van der Waals surface area contributed by atoms with Crippen molar-refractivity contribution in [1.29, 1.82) is 0 Å². The Labute approximate surface area is 202 Å². The molecule has 1 aromatic rings. The first-order valence-electron chi connectivity index (χ1n) is 12.8. The molecule has 5 atom stereocenters. The minimum absolute atomic E-state index is 0.0359. The van der Waals surface area contributed by atoms with Gasteiger partial charge in [0.1, 0.15) is 11.7 Å². The lowest BCUT2D eigenvalue weighted by atomic mass is 9.36. The summed E-state index contributed by atoms with van der Waals surface area (Å²) in [5.41, 5.74) is 6.51. The van der Waals surface area contributed by atoms with Gasteiger partial charge in [0, 0.05) is 44.1 Å². The molecular weight excluding hydrogens is 432 g/mol. The molecule has 0 radical (unpaired) electrons. The van der Waals surface area contributed by atoms with E-state index in [4.69, 9.17) is 19.9 Å². The molecule has 7 nitrogen and oxygen atoms in total. The molecule has 1 aromatic carbocycles. The first-order valence-corrected chi connectivity index (χ1v) is 12.8. The van der Waals surface area contributed by atoms with Crippen LogP contribution in [0, 0.1) is 11.3 Å². The Kier molecular flexibility index (Phi) is 5.51. The van der Waals surface area contributed by atoms with Gasteiger partial charge in [-0.3, -0.25) is 0 Å². The third kappa shape index (κ3) is 2.89. The van der Waals surface area contributed by atoms with Crippen molar-refractivity contribution >= 4 is 6.09 Å². The molecule has 188 valence electrons. The Morgan fingerprint density at radius 2 is 2.09 bits per heavy atom. The average Bonchev–Trinajstić information content (AvgIpc) is 3.17. The van der Waals surface area contributed by atoms with Gasteiger partial charge in [-0.25, -0.2) is 4.79 Å². The van der Waals surface area contributed by atoms with E-state index in [9.17, 15) is 9.90 Å². The van der Waals surface area contributed by atoms with Gasteiger partial charge in [0.15, 0.2) is 11.5 Å². The van der Waals surface area contributed by atoms with E-state index in [1.165, 1.54) is 16.0 Å². The molecule has 3 fully saturated rings. The molecule has 0 aromatic heterocycles.